The molecule has 1 atom stereocenters. The van der Waals surface area contributed by atoms with Gasteiger partial charge in [0.2, 0.25) is 5.91 Å². The van der Waals surface area contributed by atoms with Crippen molar-refractivity contribution in [1.82, 2.24) is 10.2 Å². The number of hydrogen-bond acceptors (Lipinski definition) is 4. The van der Waals surface area contributed by atoms with E-state index in [1.165, 1.54) is 0 Å². The van der Waals surface area contributed by atoms with Crippen molar-refractivity contribution in [1.29, 1.82) is 0 Å². The summed E-state index contributed by atoms with van der Waals surface area (Å²) in [6.45, 7) is 11.2. The summed E-state index contributed by atoms with van der Waals surface area (Å²) in [6.07, 6.45) is 3.04. The fourth-order valence-electron chi connectivity index (χ4n) is 3.97. The Labute approximate surface area is 225 Å². The van der Waals surface area contributed by atoms with E-state index in [0.717, 1.165) is 36.8 Å². The van der Waals surface area contributed by atoms with Gasteiger partial charge in [-0.3, -0.25) is 9.59 Å². The van der Waals surface area contributed by atoms with Gasteiger partial charge in [-0.15, -0.1) is 0 Å². The molecule has 2 aromatic carbocycles. The molecule has 0 aliphatic carbocycles. The fourth-order valence-corrected chi connectivity index (χ4v) is 4.23. The third-order valence-electron chi connectivity index (χ3n) is 5.74. The minimum Gasteiger partial charge on any atom is -0.444 e. The Hall–Kier alpha value is -3.06. The van der Waals surface area contributed by atoms with Gasteiger partial charge in [0.05, 0.1) is 10.7 Å². The Bertz CT molecular complexity index is 1060. The third-order valence-corrected chi connectivity index (χ3v) is 6.06. The van der Waals surface area contributed by atoms with E-state index in [2.05, 4.69) is 17.6 Å². The average Bonchev–Trinajstić information content (AvgIpc) is 2.80. The topological polar surface area (TPSA) is 87.7 Å². The van der Waals surface area contributed by atoms with Gasteiger partial charge in [-0.2, -0.15) is 0 Å². The number of para-hydroxylation sites is 1. The molecule has 8 heteroatoms. The van der Waals surface area contributed by atoms with Gasteiger partial charge in [0.1, 0.15) is 18.2 Å². The van der Waals surface area contributed by atoms with E-state index in [1.807, 2.05) is 50.2 Å². The molecule has 0 radical (unpaired) electrons. The van der Waals surface area contributed by atoms with Gasteiger partial charge in [-0.05, 0) is 58.2 Å². The van der Waals surface area contributed by atoms with Crippen molar-refractivity contribution in [2.75, 3.05) is 18.4 Å². The average molecular weight is 530 g/mol. The van der Waals surface area contributed by atoms with Crippen LogP contribution in [0.3, 0.4) is 0 Å². The quantitative estimate of drug-likeness (QED) is 0.322. The van der Waals surface area contributed by atoms with Crippen LogP contribution in [0.5, 0.6) is 0 Å². The lowest BCUT2D eigenvalue weighted by Gasteiger charge is -2.32. The van der Waals surface area contributed by atoms with Crippen LogP contribution in [0.4, 0.5) is 10.5 Å². The van der Waals surface area contributed by atoms with Crippen LogP contribution in [0.2, 0.25) is 5.02 Å². The van der Waals surface area contributed by atoms with Crippen LogP contribution in [0, 0.1) is 13.8 Å². The standard InChI is InChI=1S/C29H40ClN3O4/c1-7-8-9-10-17-33(24(34)19-31-28(36)37-29(4,5)6)26(22-15-11-13-20(2)18-22)27(35)32-25-21(3)14-12-16-23(25)30/h11-16,18,26H,7-10,17,19H2,1-6H3,(H,31,36)(H,32,35). The number of halogens is 1. The molecule has 2 aromatic rings. The second-order valence-electron chi connectivity index (χ2n) is 10.2. The molecule has 0 aliphatic rings. The number of amides is 3. The second-order valence-corrected chi connectivity index (χ2v) is 10.6. The van der Waals surface area contributed by atoms with Crippen LogP contribution in [0.25, 0.3) is 0 Å². The first-order chi connectivity index (χ1) is 17.4. The highest BCUT2D eigenvalue weighted by molar-refractivity contribution is 6.34. The van der Waals surface area contributed by atoms with Gasteiger partial charge in [0, 0.05) is 6.54 Å². The molecule has 0 saturated heterocycles. The number of ether oxygens (including phenoxy) is 1. The minimum absolute atomic E-state index is 0.288. The molecular formula is C29H40ClN3O4. The predicted molar refractivity (Wildman–Crippen MR) is 149 cm³/mol. The van der Waals surface area contributed by atoms with Gasteiger partial charge in [-0.1, -0.05) is 79.7 Å². The Morgan fingerprint density at radius 3 is 2.35 bits per heavy atom. The first kappa shape index (κ1) is 30.2. The van der Waals surface area contributed by atoms with Crippen LogP contribution in [0.1, 0.15) is 76.1 Å². The Morgan fingerprint density at radius 2 is 1.73 bits per heavy atom. The molecule has 37 heavy (non-hydrogen) atoms. The highest BCUT2D eigenvalue weighted by atomic mass is 35.5. The summed E-state index contributed by atoms with van der Waals surface area (Å²) < 4.78 is 5.28. The maximum Gasteiger partial charge on any atom is 0.408 e. The zero-order valence-corrected chi connectivity index (χ0v) is 23.6. The summed E-state index contributed by atoms with van der Waals surface area (Å²) in [5.74, 6) is -0.747. The van der Waals surface area contributed by atoms with Crippen LogP contribution in [-0.4, -0.2) is 41.5 Å². The number of anilines is 1. The number of carbonyl (C=O) groups excluding carboxylic acids is 3. The first-order valence-corrected chi connectivity index (χ1v) is 13.2. The zero-order chi connectivity index (χ0) is 27.6. The van der Waals surface area contributed by atoms with E-state index < -0.39 is 17.7 Å². The third kappa shape index (κ3) is 9.73. The van der Waals surface area contributed by atoms with Gasteiger partial charge >= 0.3 is 6.09 Å². The lowest BCUT2D eigenvalue weighted by molar-refractivity contribution is -0.138. The van der Waals surface area contributed by atoms with Crippen molar-refractivity contribution in [3.63, 3.8) is 0 Å². The van der Waals surface area contributed by atoms with Crippen LogP contribution < -0.4 is 10.6 Å². The van der Waals surface area contributed by atoms with E-state index in [0.29, 0.717) is 22.8 Å². The molecule has 0 fully saturated rings. The minimum atomic E-state index is -0.912. The highest BCUT2D eigenvalue weighted by Crippen LogP contribution is 2.29. The molecule has 2 N–H and O–H groups in total. The summed E-state index contributed by atoms with van der Waals surface area (Å²) in [7, 11) is 0. The number of benzene rings is 2. The number of unbranched alkanes of at least 4 members (excludes halogenated alkanes) is 3. The number of aryl methyl sites for hydroxylation is 2. The lowest BCUT2D eigenvalue weighted by Crippen LogP contribution is -2.47. The number of nitrogens with one attached hydrogen (secondary N) is 2. The van der Waals surface area contributed by atoms with E-state index in [1.54, 1.807) is 31.7 Å². The van der Waals surface area contributed by atoms with Crippen molar-refractivity contribution in [3.8, 4) is 0 Å². The number of alkyl carbamates (subject to hydrolysis) is 1. The van der Waals surface area contributed by atoms with Crippen molar-refractivity contribution in [2.45, 2.75) is 78.9 Å². The molecule has 3 amide bonds. The smallest absolute Gasteiger partial charge is 0.408 e. The highest BCUT2D eigenvalue weighted by Gasteiger charge is 2.32. The van der Waals surface area contributed by atoms with E-state index in [-0.39, 0.29) is 18.4 Å². The fraction of sp³-hybridized carbons (Fsp3) is 0.483. The molecule has 0 aromatic heterocycles. The summed E-state index contributed by atoms with van der Waals surface area (Å²) >= 11 is 6.39. The largest absolute Gasteiger partial charge is 0.444 e. The summed E-state index contributed by atoms with van der Waals surface area (Å²) in [5, 5.41) is 5.91. The zero-order valence-electron chi connectivity index (χ0n) is 22.8. The van der Waals surface area contributed by atoms with Gasteiger partial charge in [0.25, 0.3) is 5.91 Å². The SMILES string of the molecule is CCCCCCN(C(=O)CNC(=O)OC(C)(C)C)C(C(=O)Nc1c(C)cccc1Cl)c1cccc(C)c1. The summed E-state index contributed by atoms with van der Waals surface area (Å²) in [4.78, 5) is 41.1. The Kier molecular flexibility index (Phi) is 11.4. The van der Waals surface area contributed by atoms with Gasteiger partial charge in [-0.25, -0.2) is 4.79 Å². The Morgan fingerprint density at radius 1 is 1.03 bits per heavy atom. The van der Waals surface area contributed by atoms with Crippen molar-refractivity contribution in [3.05, 3.63) is 64.2 Å². The number of rotatable bonds is 11. The normalized spacial score (nSPS) is 12.0. The monoisotopic (exact) mass is 529 g/mol. The van der Waals surface area contributed by atoms with Crippen LogP contribution >= 0.6 is 11.6 Å². The van der Waals surface area contributed by atoms with E-state index in [9.17, 15) is 14.4 Å². The molecular weight excluding hydrogens is 490 g/mol. The predicted octanol–water partition coefficient (Wildman–Crippen LogP) is 6.57. The Balaban J connectivity index is 2.40. The number of hydrogen-bond donors (Lipinski definition) is 2. The first-order valence-electron chi connectivity index (χ1n) is 12.8. The maximum atomic E-state index is 13.8. The summed E-state index contributed by atoms with van der Waals surface area (Å²) in [6, 6.07) is 12.0. The lowest BCUT2D eigenvalue weighted by atomic mass is 10.0. The van der Waals surface area contributed by atoms with Crippen LogP contribution in [0.15, 0.2) is 42.5 Å². The molecule has 0 saturated carbocycles. The number of carbonyl (C=O) groups is 3. The molecule has 0 aliphatic heterocycles. The van der Waals surface area contributed by atoms with Crippen molar-refractivity contribution in [2.24, 2.45) is 0 Å². The molecule has 1 unspecified atom stereocenters. The number of nitrogens with zero attached hydrogens (tertiary/aromatic N) is 1. The van der Waals surface area contributed by atoms with E-state index >= 15 is 0 Å². The molecule has 7 nitrogen and oxygen atoms in total. The maximum absolute atomic E-state index is 13.8. The van der Waals surface area contributed by atoms with Crippen molar-refractivity contribution < 1.29 is 19.1 Å². The van der Waals surface area contributed by atoms with Crippen molar-refractivity contribution >= 4 is 35.2 Å². The van der Waals surface area contributed by atoms with Gasteiger partial charge < -0.3 is 20.3 Å². The molecule has 202 valence electrons. The molecule has 0 bridgehead atoms. The van der Waals surface area contributed by atoms with Crippen LogP contribution in [-0.2, 0) is 14.3 Å². The second kappa shape index (κ2) is 14.0. The molecule has 0 heterocycles. The van der Waals surface area contributed by atoms with E-state index in [4.69, 9.17) is 16.3 Å². The van der Waals surface area contributed by atoms with Gasteiger partial charge in [0.15, 0.2) is 0 Å². The molecule has 2 rings (SSSR count). The molecule has 0 spiro atoms. The summed E-state index contributed by atoms with van der Waals surface area (Å²) in [5.41, 5.74) is 2.29.